The second kappa shape index (κ2) is 7.93. The van der Waals surface area contributed by atoms with Crippen molar-refractivity contribution in [1.29, 1.82) is 0 Å². The summed E-state index contributed by atoms with van der Waals surface area (Å²) in [6.07, 6.45) is 3.25. The SMILES string of the molecule is CCCNC(Cc1cccs1)C(C)(CC)OCC. The largest absolute Gasteiger partial charge is 0.374 e. The topological polar surface area (TPSA) is 21.3 Å². The van der Waals surface area contributed by atoms with E-state index in [1.54, 1.807) is 0 Å². The summed E-state index contributed by atoms with van der Waals surface area (Å²) in [7, 11) is 0. The van der Waals surface area contributed by atoms with Crippen LogP contribution in [0.4, 0.5) is 0 Å². The molecule has 0 aliphatic carbocycles. The maximum atomic E-state index is 6.03. The van der Waals surface area contributed by atoms with E-state index in [1.807, 2.05) is 11.3 Å². The zero-order valence-electron chi connectivity index (χ0n) is 12.2. The van der Waals surface area contributed by atoms with Gasteiger partial charge in [0.2, 0.25) is 0 Å². The lowest BCUT2D eigenvalue weighted by Crippen LogP contribution is -2.51. The van der Waals surface area contributed by atoms with E-state index in [-0.39, 0.29) is 5.60 Å². The van der Waals surface area contributed by atoms with E-state index in [1.165, 1.54) is 4.88 Å². The predicted molar refractivity (Wildman–Crippen MR) is 80.4 cm³/mol. The Hall–Kier alpha value is -0.380. The van der Waals surface area contributed by atoms with Crippen molar-refractivity contribution in [2.45, 2.75) is 58.6 Å². The predicted octanol–water partition coefficient (Wildman–Crippen LogP) is 3.86. The first kappa shape index (κ1) is 15.7. The van der Waals surface area contributed by atoms with Crippen molar-refractivity contribution in [1.82, 2.24) is 5.32 Å². The van der Waals surface area contributed by atoms with E-state index in [0.717, 1.165) is 32.4 Å². The Balaban J connectivity index is 2.74. The summed E-state index contributed by atoms with van der Waals surface area (Å²) < 4.78 is 6.03. The minimum absolute atomic E-state index is 0.0755. The van der Waals surface area contributed by atoms with Gasteiger partial charge in [-0.25, -0.2) is 0 Å². The van der Waals surface area contributed by atoms with E-state index >= 15 is 0 Å². The molecule has 0 saturated heterocycles. The van der Waals surface area contributed by atoms with Crippen LogP contribution in [0.5, 0.6) is 0 Å². The zero-order chi connectivity index (χ0) is 13.4. The van der Waals surface area contributed by atoms with Crippen LogP contribution in [0.3, 0.4) is 0 Å². The van der Waals surface area contributed by atoms with Gasteiger partial charge in [0.1, 0.15) is 0 Å². The van der Waals surface area contributed by atoms with Crippen LogP contribution in [0.2, 0.25) is 0 Å². The molecule has 0 aromatic carbocycles. The summed E-state index contributed by atoms with van der Waals surface area (Å²) in [4.78, 5) is 1.43. The summed E-state index contributed by atoms with van der Waals surface area (Å²) >= 11 is 1.83. The first-order chi connectivity index (χ1) is 8.66. The lowest BCUT2D eigenvalue weighted by atomic mass is 9.90. The zero-order valence-corrected chi connectivity index (χ0v) is 13.0. The molecule has 1 aromatic rings. The van der Waals surface area contributed by atoms with Crippen molar-refractivity contribution in [2.75, 3.05) is 13.2 Å². The number of nitrogens with one attached hydrogen (secondary N) is 1. The van der Waals surface area contributed by atoms with Gasteiger partial charge in [0.05, 0.1) is 5.60 Å². The molecule has 0 fully saturated rings. The normalized spacial score (nSPS) is 16.4. The highest BCUT2D eigenvalue weighted by atomic mass is 32.1. The molecule has 2 unspecified atom stereocenters. The maximum Gasteiger partial charge on any atom is 0.0807 e. The van der Waals surface area contributed by atoms with Gasteiger partial charge in [0, 0.05) is 17.5 Å². The molecule has 1 rings (SSSR count). The third-order valence-corrected chi connectivity index (χ3v) is 4.44. The summed E-state index contributed by atoms with van der Waals surface area (Å²) in [6, 6.07) is 4.73. The smallest absolute Gasteiger partial charge is 0.0807 e. The van der Waals surface area contributed by atoms with Gasteiger partial charge in [-0.2, -0.15) is 0 Å². The van der Waals surface area contributed by atoms with Gasteiger partial charge >= 0.3 is 0 Å². The third kappa shape index (κ3) is 4.38. The van der Waals surface area contributed by atoms with E-state index in [0.29, 0.717) is 6.04 Å². The number of thiophene rings is 1. The molecule has 0 saturated carbocycles. The van der Waals surface area contributed by atoms with Crippen molar-refractivity contribution in [3.05, 3.63) is 22.4 Å². The minimum Gasteiger partial charge on any atom is -0.374 e. The van der Waals surface area contributed by atoms with Crippen molar-refractivity contribution >= 4 is 11.3 Å². The van der Waals surface area contributed by atoms with E-state index in [9.17, 15) is 0 Å². The molecule has 18 heavy (non-hydrogen) atoms. The maximum absolute atomic E-state index is 6.03. The molecule has 1 heterocycles. The van der Waals surface area contributed by atoms with Crippen LogP contribution >= 0.6 is 11.3 Å². The standard InChI is InChI=1S/C15H27NOS/c1-5-10-16-14(12-13-9-8-11-18-13)15(4,6-2)17-7-3/h8-9,11,14,16H,5-7,10,12H2,1-4H3. The molecule has 1 N–H and O–H groups in total. The Morgan fingerprint density at radius 2 is 2.17 bits per heavy atom. The fourth-order valence-corrected chi connectivity index (χ4v) is 2.98. The Morgan fingerprint density at radius 1 is 1.39 bits per heavy atom. The van der Waals surface area contributed by atoms with Gasteiger partial charge in [-0.3, -0.25) is 0 Å². The molecule has 0 spiro atoms. The van der Waals surface area contributed by atoms with E-state index in [4.69, 9.17) is 4.74 Å². The third-order valence-electron chi connectivity index (χ3n) is 3.54. The summed E-state index contributed by atoms with van der Waals surface area (Å²) in [5, 5.41) is 5.81. The highest BCUT2D eigenvalue weighted by Gasteiger charge is 2.33. The molecule has 0 aliphatic heterocycles. The van der Waals surface area contributed by atoms with Crippen molar-refractivity contribution in [3.63, 3.8) is 0 Å². The molecule has 2 atom stereocenters. The fraction of sp³-hybridized carbons (Fsp3) is 0.733. The van der Waals surface area contributed by atoms with Gasteiger partial charge in [0.25, 0.3) is 0 Å². The molecule has 1 aromatic heterocycles. The van der Waals surface area contributed by atoms with Crippen LogP contribution in [0.1, 0.15) is 45.4 Å². The fourth-order valence-electron chi connectivity index (χ4n) is 2.23. The van der Waals surface area contributed by atoms with Gasteiger partial charge < -0.3 is 10.1 Å². The molecular weight excluding hydrogens is 242 g/mol. The summed E-state index contributed by atoms with van der Waals surface area (Å²) in [6.45, 7) is 10.6. The molecule has 0 aliphatic rings. The molecule has 2 nitrogen and oxygen atoms in total. The highest BCUT2D eigenvalue weighted by molar-refractivity contribution is 7.09. The Bertz CT molecular complexity index is 312. The van der Waals surface area contributed by atoms with Crippen molar-refractivity contribution < 1.29 is 4.74 Å². The highest BCUT2D eigenvalue weighted by Crippen LogP contribution is 2.24. The molecule has 0 amide bonds. The van der Waals surface area contributed by atoms with Crippen LogP contribution in [0.25, 0.3) is 0 Å². The summed E-state index contributed by atoms with van der Waals surface area (Å²) in [5.74, 6) is 0. The molecule has 104 valence electrons. The Kier molecular flexibility index (Phi) is 6.90. The molecular formula is C15H27NOS. The number of hydrogen-bond acceptors (Lipinski definition) is 3. The second-order valence-electron chi connectivity index (χ2n) is 4.89. The Morgan fingerprint density at radius 3 is 2.67 bits per heavy atom. The molecule has 3 heteroatoms. The van der Waals surface area contributed by atoms with E-state index < -0.39 is 0 Å². The van der Waals surface area contributed by atoms with Crippen LogP contribution in [-0.2, 0) is 11.2 Å². The molecule has 0 radical (unpaired) electrons. The van der Waals surface area contributed by atoms with Crippen LogP contribution < -0.4 is 5.32 Å². The van der Waals surface area contributed by atoms with Crippen LogP contribution in [0, 0.1) is 0 Å². The molecule has 0 bridgehead atoms. The average molecular weight is 269 g/mol. The van der Waals surface area contributed by atoms with Crippen molar-refractivity contribution in [3.8, 4) is 0 Å². The van der Waals surface area contributed by atoms with Crippen LogP contribution in [-0.4, -0.2) is 24.8 Å². The van der Waals surface area contributed by atoms with Gasteiger partial charge in [-0.1, -0.05) is 19.9 Å². The van der Waals surface area contributed by atoms with Crippen LogP contribution in [0.15, 0.2) is 17.5 Å². The monoisotopic (exact) mass is 269 g/mol. The second-order valence-corrected chi connectivity index (χ2v) is 5.92. The minimum atomic E-state index is -0.0755. The Labute approximate surface area is 116 Å². The summed E-state index contributed by atoms with van der Waals surface area (Å²) in [5.41, 5.74) is -0.0755. The lowest BCUT2D eigenvalue weighted by molar-refractivity contribution is -0.0548. The van der Waals surface area contributed by atoms with Gasteiger partial charge in [0.15, 0.2) is 0 Å². The quantitative estimate of drug-likeness (QED) is 0.735. The van der Waals surface area contributed by atoms with E-state index in [2.05, 4.69) is 50.5 Å². The van der Waals surface area contributed by atoms with Gasteiger partial charge in [-0.15, -0.1) is 11.3 Å². The number of hydrogen-bond donors (Lipinski definition) is 1. The average Bonchev–Trinajstić information content (AvgIpc) is 2.87. The lowest BCUT2D eigenvalue weighted by Gasteiger charge is -2.37. The number of ether oxygens (including phenoxy) is 1. The number of rotatable bonds is 9. The first-order valence-corrected chi connectivity index (χ1v) is 7.94. The van der Waals surface area contributed by atoms with Gasteiger partial charge in [-0.05, 0) is 51.1 Å². The van der Waals surface area contributed by atoms with Crippen molar-refractivity contribution in [2.24, 2.45) is 0 Å². The first-order valence-electron chi connectivity index (χ1n) is 7.06.